The van der Waals surface area contributed by atoms with E-state index in [-0.39, 0.29) is 29.7 Å². The lowest BCUT2D eigenvalue weighted by Gasteiger charge is -2.32. The van der Waals surface area contributed by atoms with E-state index in [1.54, 1.807) is 0 Å². The summed E-state index contributed by atoms with van der Waals surface area (Å²) in [6.07, 6.45) is 5.05. The summed E-state index contributed by atoms with van der Waals surface area (Å²) in [6.45, 7) is 5.05. The third kappa shape index (κ3) is 2.52. The van der Waals surface area contributed by atoms with Crippen LogP contribution in [0, 0.1) is 11.3 Å². The van der Waals surface area contributed by atoms with Gasteiger partial charge in [-0.2, -0.15) is 0 Å². The molecule has 0 aromatic rings. The number of carbonyl (C=O) groups excluding carboxylic acids is 1. The number of nitrogens with zero attached hydrogens (tertiary/aromatic N) is 1. The molecule has 0 bridgehead atoms. The molecular weight excluding hydrogens is 230 g/mol. The fourth-order valence-electron chi connectivity index (χ4n) is 3.52. The van der Waals surface area contributed by atoms with Crippen molar-refractivity contribution in [1.82, 2.24) is 4.90 Å². The Morgan fingerprint density at radius 2 is 2.00 bits per heavy atom. The minimum absolute atomic E-state index is 0.0768. The predicted molar refractivity (Wildman–Crippen MR) is 68.1 cm³/mol. The highest BCUT2D eigenvalue weighted by atomic mass is 16.4. The van der Waals surface area contributed by atoms with E-state index in [9.17, 15) is 9.59 Å². The number of carboxylic acid groups (broad SMARTS) is 1. The van der Waals surface area contributed by atoms with Crippen LogP contribution in [-0.2, 0) is 9.59 Å². The van der Waals surface area contributed by atoms with Crippen LogP contribution in [0.3, 0.4) is 0 Å². The van der Waals surface area contributed by atoms with Gasteiger partial charge in [0.15, 0.2) is 0 Å². The van der Waals surface area contributed by atoms with E-state index in [2.05, 4.69) is 13.8 Å². The Morgan fingerprint density at radius 1 is 1.28 bits per heavy atom. The average molecular weight is 253 g/mol. The molecule has 0 aromatic carbocycles. The van der Waals surface area contributed by atoms with E-state index in [4.69, 9.17) is 5.11 Å². The van der Waals surface area contributed by atoms with Gasteiger partial charge >= 0.3 is 5.97 Å². The van der Waals surface area contributed by atoms with Gasteiger partial charge in [-0.05, 0) is 31.1 Å². The molecule has 4 nitrogen and oxygen atoms in total. The highest BCUT2D eigenvalue weighted by Gasteiger charge is 2.43. The van der Waals surface area contributed by atoms with Gasteiger partial charge in [0.05, 0.1) is 6.42 Å². The number of carbonyl (C=O) groups is 2. The van der Waals surface area contributed by atoms with Crippen LogP contribution in [0.25, 0.3) is 0 Å². The Balaban J connectivity index is 2.06. The van der Waals surface area contributed by atoms with Gasteiger partial charge in [-0.25, -0.2) is 0 Å². The molecule has 18 heavy (non-hydrogen) atoms. The normalized spacial score (nSPS) is 30.7. The van der Waals surface area contributed by atoms with Gasteiger partial charge in [-0.3, -0.25) is 9.59 Å². The van der Waals surface area contributed by atoms with Crippen LogP contribution in [0.15, 0.2) is 0 Å². The van der Waals surface area contributed by atoms with Gasteiger partial charge in [0.1, 0.15) is 0 Å². The first kappa shape index (κ1) is 13.4. The minimum atomic E-state index is -0.801. The smallest absolute Gasteiger partial charge is 0.305 e. The summed E-state index contributed by atoms with van der Waals surface area (Å²) in [4.78, 5) is 25.3. The van der Waals surface area contributed by atoms with Crippen molar-refractivity contribution in [2.24, 2.45) is 11.3 Å². The van der Waals surface area contributed by atoms with Gasteiger partial charge in [-0.15, -0.1) is 0 Å². The van der Waals surface area contributed by atoms with Crippen molar-refractivity contribution < 1.29 is 14.7 Å². The van der Waals surface area contributed by atoms with E-state index in [1.807, 2.05) is 4.90 Å². The zero-order chi connectivity index (χ0) is 13.3. The zero-order valence-corrected chi connectivity index (χ0v) is 11.3. The second-order valence-electron chi connectivity index (χ2n) is 6.36. The fourth-order valence-corrected chi connectivity index (χ4v) is 3.52. The largest absolute Gasteiger partial charge is 0.481 e. The first-order chi connectivity index (χ1) is 8.42. The molecule has 1 saturated carbocycles. The summed E-state index contributed by atoms with van der Waals surface area (Å²) in [5, 5.41) is 8.90. The first-order valence-corrected chi connectivity index (χ1v) is 6.94. The number of hydrogen-bond donors (Lipinski definition) is 1. The van der Waals surface area contributed by atoms with E-state index in [1.165, 1.54) is 0 Å². The van der Waals surface area contributed by atoms with Crippen molar-refractivity contribution in [3.05, 3.63) is 0 Å². The molecule has 1 aliphatic heterocycles. The summed E-state index contributed by atoms with van der Waals surface area (Å²) < 4.78 is 0. The maximum Gasteiger partial charge on any atom is 0.305 e. The molecule has 1 heterocycles. The molecule has 0 radical (unpaired) electrons. The van der Waals surface area contributed by atoms with Crippen LogP contribution in [0.5, 0.6) is 0 Å². The number of rotatable bonds is 3. The number of hydrogen-bond acceptors (Lipinski definition) is 2. The third-order valence-corrected chi connectivity index (χ3v) is 4.63. The average Bonchev–Trinajstić information content (AvgIpc) is 2.82. The lowest BCUT2D eigenvalue weighted by atomic mass is 9.81. The minimum Gasteiger partial charge on any atom is -0.481 e. The molecule has 2 atom stereocenters. The molecule has 2 fully saturated rings. The second kappa shape index (κ2) is 4.90. The maximum absolute atomic E-state index is 12.6. The molecule has 102 valence electrons. The monoisotopic (exact) mass is 253 g/mol. The highest BCUT2D eigenvalue weighted by molar-refractivity contribution is 5.81. The Bertz CT molecular complexity index is 351. The maximum atomic E-state index is 12.6. The number of amides is 1. The van der Waals surface area contributed by atoms with Gasteiger partial charge < -0.3 is 10.0 Å². The van der Waals surface area contributed by atoms with Crippen molar-refractivity contribution in [2.45, 2.75) is 58.4 Å². The quantitative estimate of drug-likeness (QED) is 0.839. The lowest BCUT2D eigenvalue weighted by molar-refractivity contribution is -0.142. The summed E-state index contributed by atoms with van der Waals surface area (Å²) in [7, 11) is 0. The fraction of sp³-hybridized carbons (Fsp3) is 0.857. The Hall–Kier alpha value is -1.06. The van der Waals surface area contributed by atoms with Gasteiger partial charge in [0.25, 0.3) is 0 Å². The third-order valence-electron chi connectivity index (χ3n) is 4.63. The molecule has 1 N–H and O–H groups in total. The predicted octanol–water partition coefficient (Wildman–Crippen LogP) is 2.28. The molecule has 1 saturated heterocycles. The summed E-state index contributed by atoms with van der Waals surface area (Å²) in [5.74, 6) is -0.515. The summed E-state index contributed by atoms with van der Waals surface area (Å²) in [5.41, 5.74) is 0.0768. The van der Waals surface area contributed by atoms with Crippen molar-refractivity contribution in [1.29, 1.82) is 0 Å². The molecular formula is C14H23NO3. The topological polar surface area (TPSA) is 57.6 Å². The van der Waals surface area contributed by atoms with Crippen LogP contribution in [0.1, 0.15) is 52.4 Å². The van der Waals surface area contributed by atoms with Crippen LogP contribution in [0.4, 0.5) is 0 Å². The summed E-state index contributed by atoms with van der Waals surface area (Å²) in [6, 6.07) is -0.0774. The van der Waals surface area contributed by atoms with Crippen LogP contribution >= 0.6 is 0 Å². The van der Waals surface area contributed by atoms with Gasteiger partial charge in [0, 0.05) is 18.5 Å². The van der Waals surface area contributed by atoms with E-state index < -0.39 is 5.97 Å². The summed E-state index contributed by atoms with van der Waals surface area (Å²) >= 11 is 0. The molecule has 0 aromatic heterocycles. The Kier molecular flexibility index (Phi) is 3.64. The van der Waals surface area contributed by atoms with Crippen LogP contribution < -0.4 is 0 Å². The van der Waals surface area contributed by atoms with Gasteiger partial charge in [-0.1, -0.05) is 20.3 Å². The lowest BCUT2D eigenvalue weighted by Crippen LogP contribution is -2.43. The van der Waals surface area contributed by atoms with E-state index >= 15 is 0 Å². The van der Waals surface area contributed by atoms with Gasteiger partial charge in [0.2, 0.25) is 5.91 Å². The first-order valence-electron chi connectivity index (χ1n) is 6.94. The number of likely N-dealkylation sites (tertiary alicyclic amines) is 1. The highest BCUT2D eigenvalue weighted by Crippen LogP contribution is 2.44. The molecule has 0 spiro atoms. The van der Waals surface area contributed by atoms with Crippen LogP contribution in [0.2, 0.25) is 0 Å². The van der Waals surface area contributed by atoms with Crippen molar-refractivity contribution in [3.63, 3.8) is 0 Å². The molecule has 2 aliphatic rings. The molecule has 1 aliphatic carbocycles. The van der Waals surface area contributed by atoms with Crippen molar-refractivity contribution in [3.8, 4) is 0 Å². The number of aliphatic carboxylic acids is 1. The van der Waals surface area contributed by atoms with Crippen LogP contribution in [-0.4, -0.2) is 34.5 Å². The molecule has 4 heteroatoms. The standard InChI is InChI=1S/C14H23NO3/c1-14(2)7-3-6-11(14)13(18)15-8-4-5-10(15)9-12(16)17/h10-11H,3-9H2,1-2H3,(H,16,17). The van der Waals surface area contributed by atoms with E-state index in [0.29, 0.717) is 0 Å². The number of carboxylic acids is 1. The second-order valence-corrected chi connectivity index (χ2v) is 6.36. The molecule has 1 amide bonds. The van der Waals surface area contributed by atoms with Crippen molar-refractivity contribution >= 4 is 11.9 Å². The SMILES string of the molecule is CC1(C)CCCC1C(=O)N1CCCC1CC(=O)O. The van der Waals surface area contributed by atoms with Crippen molar-refractivity contribution in [2.75, 3.05) is 6.54 Å². The van der Waals surface area contributed by atoms with E-state index in [0.717, 1.165) is 38.6 Å². The molecule has 2 rings (SSSR count). The zero-order valence-electron chi connectivity index (χ0n) is 11.3. The Morgan fingerprint density at radius 3 is 2.56 bits per heavy atom. The Labute approximate surface area is 108 Å². The molecule has 2 unspecified atom stereocenters.